The summed E-state index contributed by atoms with van der Waals surface area (Å²) in [5.41, 5.74) is 2.09. The molecule has 1 unspecified atom stereocenters. The van der Waals surface area contributed by atoms with Crippen molar-refractivity contribution in [3.05, 3.63) is 47.7 Å². The molecule has 1 aliphatic rings. The molecule has 0 saturated heterocycles. The van der Waals surface area contributed by atoms with Gasteiger partial charge in [0.05, 0.1) is 0 Å². The molecular formula is C21H26N2O3. The highest BCUT2D eigenvalue weighted by Gasteiger charge is 2.31. The molecule has 1 saturated carbocycles. The molecule has 5 nitrogen and oxygen atoms in total. The van der Waals surface area contributed by atoms with Crippen molar-refractivity contribution in [3.8, 4) is 11.3 Å². The van der Waals surface area contributed by atoms with Gasteiger partial charge in [-0.1, -0.05) is 49.1 Å². The SMILES string of the molecule is CNC(=O)C(NC(=O)c1ccc(-c2ccc(C)cc2)o1)C1CCCCC1. The van der Waals surface area contributed by atoms with Crippen molar-refractivity contribution in [1.29, 1.82) is 0 Å². The average Bonchev–Trinajstić information content (AvgIpc) is 3.17. The lowest BCUT2D eigenvalue weighted by Crippen LogP contribution is -2.50. The van der Waals surface area contributed by atoms with Crippen LogP contribution in [0, 0.1) is 12.8 Å². The van der Waals surface area contributed by atoms with E-state index in [1.54, 1.807) is 19.2 Å². The number of rotatable bonds is 5. The summed E-state index contributed by atoms with van der Waals surface area (Å²) in [6.07, 6.45) is 5.33. The van der Waals surface area contributed by atoms with Crippen LogP contribution in [-0.2, 0) is 4.79 Å². The summed E-state index contributed by atoms with van der Waals surface area (Å²) in [6, 6.07) is 10.9. The first-order valence-electron chi connectivity index (χ1n) is 9.28. The normalized spacial score (nSPS) is 16.1. The van der Waals surface area contributed by atoms with Gasteiger partial charge in [0.2, 0.25) is 5.91 Å². The van der Waals surface area contributed by atoms with Gasteiger partial charge in [-0.2, -0.15) is 0 Å². The number of carbonyl (C=O) groups is 2. The van der Waals surface area contributed by atoms with Crippen molar-refractivity contribution in [2.45, 2.75) is 45.1 Å². The summed E-state index contributed by atoms with van der Waals surface area (Å²) in [5, 5.41) is 5.55. The lowest BCUT2D eigenvalue weighted by Gasteiger charge is -2.29. The molecule has 1 atom stereocenters. The van der Waals surface area contributed by atoms with Crippen LogP contribution in [0.5, 0.6) is 0 Å². The third kappa shape index (κ3) is 4.15. The molecule has 1 aliphatic carbocycles. The zero-order valence-electron chi connectivity index (χ0n) is 15.4. The van der Waals surface area contributed by atoms with Gasteiger partial charge in [0.15, 0.2) is 5.76 Å². The van der Waals surface area contributed by atoms with E-state index in [1.165, 1.54) is 12.0 Å². The average molecular weight is 354 g/mol. The van der Waals surface area contributed by atoms with Crippen molar-refractivity contribution in [1.82, 2.24) is 10.6 Å². The Balaban J connectivity index is 1.73. The second-order valence-corrected chi connectivity index (χ2v) is 6.99. The van der Waals surface area contributed by atoms with Crippen LogP contribution in [0.4, 0.5) is 0 Å². The Hall–Kier alpha value is -2.56. The van der Waals surface area contributed by atoms with Gasteiger partial charge in [0.25, 0.3) is 5.91 Å². The molecule has 1 heterocycles. The number of amides is 2. The molecule has 2 amide bonds. The highest BCUT2D eigenvalue weighted by molar-refractivity contribution is 5.96. The zero-order chi connectivity index (χ0) is 18.5. The maximum absolute atomic E-state index is 12.6. The topological polar surface area (TPSA) is 71.3 Å². The standard InChI is InChI=1S/C21H26N2O3/c1-14-8-10-15(11-9-14)17-12-13-18(26-17)20(24)23-19(21(25)22-2)16-6-4-3-5-7-16/h8-13,16,19H,3-7H2,1-2H3,(H,22,25)(H,23,24). The van der Waals surface area contributed by atoms with Crippen molar-refractivity contribution in [3.63, 3.8) is 0 Å². The van der Waals surface area contributed by atoms with Crippen LogP contribution in [-0.4, -0.2) is 24.9 Å². The molecule has 3 rings (SSSR count). The molecule has 2 N–H and O–H groups in total. The minimum absolute atomic E-state index is 0.143. The fourth-order valence-corrected chi connectivity index (χ4v) is 3.57. The van der Waals surface area contributed by atoms with Gasteiger partial charge in [-0.25, -0.2) is 0 Å². The fourth-order valence-electron chi connectivity index (χ4n) is 3.57. The van der Waals surface area contributed by atoms with E-state index in [0.29, 0.717) is 5.76 Å². The Bertz CT molecular complexity index is 758. The predicted molar refractivity (Wildman–Crippen MR) is 101 cm³/mol. The third-order valence-electron chi connectivity index (χ3n) is 5.10. The number of likely N-dealkylation sites (N-methyl/N-ethyl adjacent to an activating group) is 1. The molecule has 26 heavy (non-hydrogen) atoms. The van der Waals surface area contributed by atoms with E-state index in [1.807, 2.05) is 31.2 Å². The predicted octanol–water partition coefficient (Wildman–Crippen LogP) is 3.68. The largest absolute Gasteiger partial charge is 0.451 e. The summed E-state index contributed by atoms with van der Waals surface area (Å²) in [6.45, 7) is 2.02. The number of aryl methyl sites for hydroxylation is 1. The molecule has 1 fully saturated rings. The van der Waals surface area contributed by atoms with Crippen LogP contribution >= 0.6 is 0 Å². The van der Waals surface area contributed by atoms with Crippen molar-refractivity contribution < 1.29 is 14.0 Å². The Labute approximate surface area is 154 Å². The summed E-state index contributed by atoms with van der Waals surface area (Å²) in [7, 11) is 1.60. The van der Waals surface area contributed by atoms with Crippen LogP contribution in [0.3, 0.4) is 0 Å². The molecule has 2 aromatic rings. The minimum Gasteiger partial charge on any atom is -0.451 e. The van der Waals surface area contributed by atoms with E-state index in [0.717, 1.165) is 31.2 Å². The van der Waals surface area contributed by atoms with E-state index in [4.69, 9.17) is 4.42 Å². The van der Waals surface area contributed by atoms with Gasteiger partial charge in [0, 0.05) is 12.6 Å². The van der Waals surface area contributed by atoms with Crippen LogP contribution in [0.15, 0.2) is 40.8 Å². The number of nitrogens with one attached hydrogen (secondary N) is 2. The Morgan fingerprint density at radius 1 is 1.04 bits per heavy atom. The molecule has 1 aromatic carbocycles. The number of carbonyl (C=O) groups excluding carboxylic acids is 2. The summed E-state index contributed by atoms with van der Waals surface area (Å²) in [5.74, 6) is 0.562. The summed E-state index contributed by atoms with van der Waals surface area (Å²) in [4.78, 5) is 24.9. The number of benzene rings is 1. The van der Waals surface area contributed by atoms with Crippen molar-refractivity contribution >= 4 is 11.8 Å². The number of hydrogen-bond donors (Lipinski definition) is 2. The maximum atomic E-state index is 12.6. The molecular weight excluding hydrogens is 328 g/mol. The van der Waals surface area contributed by atoms with E-state index >= 15 is 0 Å². The molecule has 1 aromatic heterocycles. The Kier molecular flexibility index (Phi) is 5.76. The van der Waals surface area contributed by atoms with Gasteiger partial charge < -0.3 is 15.1 Å². The maximum Gasteiger partial charge on any atom is 0.287 e. The minimum atomic E-state index is -0.513. The monoisotopic (exact) mass is 354 g/mol. The Morgan fingerprint density at radius 3 is 2.38 bits per heavy atom. The number of furan rings is 1. The van der Waals surface area contributed by atoms with E-state index in [2.05, 4.69) is 10.6 Å². The summed E-state index contributed by atoms with van der Waals surface area (Å²) >= 11 is 0. The van der Waals surface area contributed by atoms with E-state index in [9.17, 15) is 9.59 Å². The molecule has 0 spiro atoms. The molecule has 5 heteroatoms. The molecule has 0 bridgehead atoms. The Morgan fingerprint density at radius 2 is 1.73 bits per heavy atom. The highest BCUT2D eigenvalue weighted by atomic mass is 16.3. The second-order valence-electron chi connectivity index (χ2n) is 6.99. The van der Waals surface area contributed by atoms with Gasteiger partial charge in [-0.3, -0.25) is 9.59 Å². The highest BCUT2D eigenvalue weighted by Crippen LogP contribution is 2.27. The van der Waals surface area contributed by atoms with Crippen molar-refractivity contribution in [2.75, 3.05) is 7.05 Å². The summed E-state index contributed by atoms with van der Waals surface area (Å²) < 4.78 is 5.73. The first-order chi connectivity index (χ1) is 12.6. The van der Waals surface area contributed by atoms with Crippen molar-refractivity contribution in [2.24, 2.45) is 5.92 Å². The molecule has 0 aliphatic heterocycles. The van der Waals surface area contributed by atoms with Gasteiger partial charge in [-0.05, 0) is 37.8 Å². The molecule has 138 valence electrons. The zero-order valence-corrected chi connectivity index (χ0v) is 15.4. The van der Waals surface area contributed by atoms with Crippen LogP contribution < -0.4 is 10.6 Å². The van der Waals surface area contributed by atoms with Gasteiger partial charge in [-0.15, -0.1) is 0 Å². The van der Waals surface area contributed by atoms with Crippen LogP contribution in [0.2, 0.25) is 0 Å². The third-order valence-corrected chi connectivity index (χ3v) is 5.10. The first-order valence-corrected chi connectivity index (χ1v) is 9.28. The van der Waals surface area contributed by atoms with Gasteiger partial charge >= 0.3 is 0 Å². The molecule has 0 radical (unpaired) electrons. The quantitative estimate of drug-likeness (QED) is 0.860. The first kappa shape index (κ1) is 18.2. The van der Waals surface area contributed by atoms with E-state index in [-0.39, 0.29) is 23.5 Å². The van der Waals surface area contributed by atoms with Gasteiger partial charge in [0.1, 0.15) is 11.8 Å². The van der Waals surface area contributed by atoms with Crippen LogP contribution in [0.25, 0.3) is 11.3 Å². The lowest BCUT2D eigenvalue weighted by atomic mass is 9.83. The lowest BCUT2D eigenvalue weighted by molar-refractivity contribution is -0.124. The van der Waals surface area contributed by atoms with Crippen LogP contribution in [0.1, 0.15) is 48.2 Å². The van der Waals surface area contributed by atoms with E-state index < -0.39 is 6.04 Å². The fraction of sp³-hybridized carbons (Fsp3) is 0.429. The smallest absolute Gasteiger partial charge is 0.287 e. The number of hydrogen-bond acceptors (Lipinski definition) is 3. The second kappa shape index (κ2) is 8.21.